The van der Waals surface area contributed by atoms with Crippen molar-refractivity contribution in [2.75, 3.05) is 0 Å². The first-order valence-electron chi connectivity index (χ1n) is 6.48. The Labute approximate surface area is 130 Å². The highest BCUT2D eigenvalue weighted by molar-refractivity contribution is 8.13. The highest BCUT2D eigenvalue weighted by atomic mass is 35.7. The summed E-state index contributed by atoms with van der Waals surface area (Å²) in [6.07, 6.45) is -0.212. The lowest BCUT2D eigenvalue weighted by molar-refractivity contribution is 0.0919. The number of carbonyl (C=O) groups excluding carboxylic acids is 1. The number of ether oxygens (including phenoxy) is 1. The first kappa shape index (κ1) is 17.8. The summed E-state index contributed by atoms with van der Waals surface area (Å²) in [4.78, 5) is 11.9. The molecule has 0 aromatic heterocycles. The molecule has 1 N–H and O–H groups in total. The number of amides is 1. The lowest BCUT2D eigenvalue weighted by Crippen LogP contribution is -2.40. The lowest BCUT2D eigenvalue weighted by Gasteiger charge is -2.21. The van der Waals surface area contributed by atoms with Gasteiger partial charge in [0.15, 0.2) is 0 Å². The van der Waals surface area contributed by atoms with Crippen LogP contribution in [0.5, 0.6) is 5.75 Å². The smallest absolute Gasteiger partial charge is 0.265 e. The van der Waals surface area contributed by atoms with Crippen LogP contribution in [0, 0.1) is 0 Å². The topological polar surface area (TPSA) is 72.5 Å². The third-order valence-electron chi connectivity index (χ3n) is 2.32. The van der Waals surface area contributed by atoms with Crippen LogP contribution in [0.4, 0.5) is 0 Å². The summed E-state index contributed by atoms with van der Waals surface area (Å²) in [5.74, 6) is -0.243. The second-order valence-electron chi connectivity index (χ2n) is 5.97. The summed E-state index contributed by atoms with van der Waals surface area (Å²) in [7, 11) is 1.41. The van der Waals surface area contributed by atoms with Crippen LogP contribution in [-0.2, 0) is 9.05 Å². The SMILES string of the molecule is CC(C)Oc1ccc(C(=O)NC(C)(C)C)cc1S(=O)(=O)Cl. The number of rotatable bonds is 4. The summed E-state index contributed by atoms with van der Waals surface area (Å²) in [6.45, 7) is 9.04. The molecule has 0 heterocycles. The van der Waals surface area contributed by atoms with Crippen molar-refractivity contribution in [2.45, 2.75) is 51.2 Å². The van der Waals surface area contributed by atoms with Crippen LogP contribution >= 0.6 is 10.7 Å². The highest BCUT2D eigenvalue weighted by Crippen LogP contribution is 2.29. The Morgan fingerprint density at radius 1 is 1.29 bits per heavy atom. The number of benzene rings is 1. The molecule has 7 heteroatoms. The van der Waals surface area contributed by atoms with Gasteiger partial charge in [0.05, 0.1) is 6.10 Å². The summed E-state index contributed by atoms with van der Waals surface area (Å²) in [6, 6.07) is 4.16. The number of hydrogen-bond acceptors (Lipinski definition) is 4. The van der Waals surface area contributed by atoms with Crippen molar-refractivity contribution in [3.05, 3.63) is 23.8 Å². The third kappa shape index (κ3) is 5.55. The van der Waals surface area contributed by atoms with Gasteiger partial charge in [-0.1, -0.05) is 0 Å². The first-order valence-corrected chi connectivity index (χ1v) is 8.79. The average Bonchev–Trinajstić information content (AvgIpc) is 2.24. The minimum atomic E-state index is -4.01. The highest BCUT2D eigenvalue weighted by Gasteiger charge is 2.22. The molecule has 0 radical (unpaired) electrons. The molecule has 0 aliphatic carbocycles. The number of hydrogen-bond donors (Lipinski definition) is 1. The molecule has 1 aromatic rings. The zero-order valence-corrected chi connectivity index (χ0v) is 14.3. The summed E-state index contributed by atoms with van der Waals surface area (Å²) >= 11 is 0. The van der Waals surface area contributed by atoms with Crippen molar-refractivity contribution < 1.29 is 17.9 Å². The molecule has 0 spiro atoms. The fraction of sp³-hybridized carbons (Fsp3) is 0.500. The first-order chi connectivity index (χ1) is 9.40. The van der Waals surface area contributed by atoms with Crippen molar-refractivity contribution in [3.63, 3.8) is 0 Å². The molecular formula is C14H20ClNO4S. The van der Waals surface area contributed by atoms with Gasteiger partial charge in [-0.15, -0.1) is 0 Å². The van der Waals surface area contributed by atoms with E-state index in [1.54, 1.807) is 13.8 Å². The van der Waals surface area contributed by atoms with E-state index in [1.807, 2.05) is 20.8 Å². The Balaban J connectivity index is 3.25. The van der Waals surface area contributed by atoms with Crippen LogP contribution in [0.1, 0.15) is 45.0 Å². The molecule has 5 nitrogen and oxygen atoms in total. The van der Waals surface area contributed by atoms with E-state index in [2.05, 4.69) is 5.32 Å². The lowest BCUT2D eigenvalue weighted by atomic mass is 10.1. The molecule has 21 heavy (non-hydrogen) atoms. The fourth-order valence-corrected chi connectivity index (χ4v) is 2.59. The average molecular weight is 334 g/mol. The number of carbonyl (C=O) groups is 1. The molecule has 118 valence electrons. The fourth-order valence-electron chi connectivity index (χ4n) is 1.60. The summed E-state index contributed by atoms with van der Waals surface area (Å²) in [5, 5.41) is 2.76. The monoisotopic (exact) mass is 333 g/mol. The molecule has 0 aliphatic rings. The molecule has 0 fully saturated rings. The van der Waals surface area contributed by atoms with Crippen LogP contribution in [0.25, 0.3) is 0 Å². The maximum absolute atomic E-state index is 12.1. The van der Waals surface area contributed by atoms with Crippen LogP contribution in [0.3, 0.4) is 0 Å². The van der Waals surface area contributed by atoms with Crippen LogP contribution in [0.15, 0.2) is 23.1 Å². The van der Waals surface area contributed by atoms with Gasteiger partial charge in [-0.05, 0) is 52.8 Å². The van der Waals surface area contributed by atoms with Gasteiger partial charge in [0.1, 0.15) is 10.6 Å². The second kappa shape index (κ2) is 6.23. The van der Waals surface area contributed by atoms with Gasteiger partial charge >= 0.3 is 0 Å². The van der Waals surface area contributed by atoms with Crippen LogP contribution in [-0.4, -0.2) is 26.0 Å². The van der Waals surface area contributed by atoms with E-state index < -0.39 is 14.6 Å². The second-order valence-corrected chi connectivity index (χ2v) is 8.50. The minimum Gasteiger partial charge on any atom is -0.490 e. The van der Waals surface area contributed by atoms with Crippen molar-refractivity contribution >= 4 is 25.6 Å². The molecule has 0 bridgehead atoms. The molecule has 0 saturated carbocycles. The zero-order chi connectivity index (χ0) is 16.4. The zero-order valence-electron chi connectivity index (χ0n) is 12.7. The predicted octanol–water partition coefficient (Wildman–Crippen LogP) is 2.93. The molecular weight excluding hydrogens is 314 g/mol. The van der Waals surface area contributed by atoms with Crippen LogP contribution < -0.4 is 10.1 Å². The normalized spacial score (nSPS) is 12.3. The van der Waals surface area contributed by atoms with Crippen molar-refractivity contribution in [1.29, 1.82) is 0 Å². The quantitative estimate of drug-likeness (QED) is 0.860. The Bertz CT molecular complexity index is 633. The number of nitrogens with one attached hydrogen (secondary N) is 1. The van der Waals surface area contributed by atoms with E-state index >= 15 is 0 Å². The Hall–Kier alpha value is -1.27. The Morgan fingerprint density at radius 2 is 1.86 bits per heavy atom. The van der Waals surface area contributed by atoms with Crippen molar-refractivity contribution in [2.24, 2.45) is 0 Å². The predicted molar refractivity (Wildman–Crippen MR) is 82.5 cm³/mol. The standard InChI is InChI=1S/C14H20ClNO4S/c1-9(2)20-11-7-6-10(8-12(11)21(15,18)19)13(17)16-14(3,4)5/h6-9H,1-5H3,(H,16,17). The van der Waals surface area contributed by atoms with Gasteiger partial charge in [0, 0.05) is 21.8 Å². The summed E-state index contributed by atoms with van der Waals surface area (Å²) in [5.41, 5.74) is -0.218. The Kier molecular flexibility index (Phi) is 5.28. The maximum Gasteiger partial charge on any atom is 0.265 e. The van der Waals surface area contributed by atoms with Gasteiger partial charge in [-0.3, -0.25) is 4.79 Å². The van der Waals surface area contributed by atoms with E-state index in [9.17, 15) is 13.2 Å². The molecule has 0 atom stereocenters. The minimum absolute atomic E-state index is 0.132. The third-order valence-corrected chi connectivity index (χ3v) is 3.66. The molecule has 0 aliphatic heterocycles. The number of halogens is 1. The molecule has 0 saturated heterocycles. The van der Waals surface area contributed by atoms with Crippen molar-refractivity contribution in [3.8, 4) is 5.75 Å². The van der Waals surface area contributed by atoms with E-state index in [0.29, 0.717) is 0 Å². The molecule has 1 amide bonds. The molecule has 1 rings (SSSR count). The van der Waals surface area contributed by atoms with Gasteiger partial charge in [0.25, 0.3) is 15.0 Å². The maximum atomic E-state index is 12.1. The molecule has 0 unspecified atom stereocenters. The van der Waals surface area contributed by atoms with E-state index in [4.69, 9.17) is 15.4 Å². The van der Waals surface area contributed by atoms with Gasteiger partial charge in [0.2, 0.25) is 0 Å². The van der Waals surface area contributed by atoms with Gasteiger partial charge < -0.3 is 10.1 Å². The van der Waals surface area contributed by atoms with Crippen molar-refractivity contribution in [1.82, 2.24) is 5.32 Å². The van der Waals surface area contributed by atoms with E-state index in [1.165, 1.54) is 18.2 Å². The van der Waals surface area contributed by atoms with Gasteiger partial charge in [-0.25, -0.2) is 8.42 Å². The van der Waals surface area contributed by atoms with Gasteiger partial charge in [-0.2, -0.15) is 0 Å². The van der Waals surface area contributed by atoms with Crippen LogP contribution in [0.2, 0.25) is 0 Å². The molecule has 1 aromatic carbocycles. The largest absolute Gasteiger partial charge is 0.490 e. The van der Waals surface area contributed by atoms with E-state index in [-0.39, 0.29) is 28.2 Å². The van der Waals surface area contributed by atoms with E-state index in [0.717, 1.165) is 0 Å². The summed E-state index contributed by atoms with van der Waals surface area (Å²) < 4.78 is 28.7. The Morgan fingerprint density at radius 3 is 2.29 bits per heavy atom.